The number of ether oxygens (including phenoxy) is 1. The SMILES string of the molecule is CCCc1ccc2c(c1)OC(=O)C(CCN1CCCCC(C3CCCCC3)CC1)CC2. The summed E-state index contributed by atoms with van der Waals surface area (Å²) in [5, 5.41) is 0. The number of likely N-dealkylation sites (tertiary alicyclic amines) is 1. The molecule has 3 aliphatic rings. The fourth-order valence-corrected chi connectivity index (χ4v) is 6.23. The Labute approximate surface area is 189 Å². The molecule has 3 heteroatoms. The maximum Gasteiger partial charge on any atom is 0.314 e. The summed E-state index contributed by atoms with van der Waals surface area (Å²) in [6.07, 6.45) is 17.8. The van der Waals surface area contributed by atoms with Gasteiger partial charge in [-0.2, -0.15) is 0 Å². The summed E-state index contributed by atoms with van der Waals surface area (Å²) in [6, 6.07) is 6.49. The lowest BCUT2D eigenvalue weighted by Crippen LogP contribution is -2.34. The normalized spacial score (nSPS) is 26.4. The van der Waals surface area contributed by atoms with Gasteiger partial charge in [0.2, 0.25) is 0 Å². The molecule has 172 valence electrons. The molecule has 3 nitrogen and oxygen atoms in total. The molecule has 0 bridgehead atoms. The molecular weight excluding hydrogens is 382 g/mol. The number of esters is 1. The third-order valence-electron chi connectivity index (χ3n) is 8.20. The van der Waals surface area contributed by atoms with Crippen molar-refractivity contribution in [1.82, 2.24) is 4.90 Å². The number of aryl methyl sites for hydroxylation is 2. The first-order chi connectivity index (χ1) is 15.2. The van der Waals surface area contributed by atoms with Gasteiger partial charge in [0.05, 0.1) is 5.92 Å². The molecule has 1 aromatic carbocycles. The molecule has 2 heterocycles. The van der Waals surface area contributed by atoms with Gasteiger partial charge >= 0.3 is 5.97 Å². The van der Waals surface area contributed by atoms with Crippen LogP contribution >= 0.6 is 0 Å². The van der Waals surface area contributed by atoms with Gasteiger partial charge in [0.25, 0.3) is 0 Å². The molecule has 1 saturated carbocycles. The molecule has 0 radical (unpaired) electrons. The van der Waals surface area contributed by atoms with E-state index in [-0.39, 0.29) is 11.9 Å². The van der Waals surface area contributed by atoms with Gasteiger partial charge < -0.3 is 9.64 Å². The van der Waals surface area contributed by atoms with Gasteiger partial charge in [0, 0.05) is 0 Å². The second-order valence-electron chi connectivity index (χ2n) is 10.4. The van der Waals surface area contributed by atoms with E-state index in [1.54, 1.807) is 0 Å². The molecular formula is C28H43NO2. The quantitative estimate of drug-likeness (QED) is 0.381. The second-order valence-corrected chi connectivity index (χ2v) is 10.4. The van der Waals surface area contributed by atoms with Gasteiger partial charge in [-0.15, -0.1) is 0 Å². The van der Waals surface area contributed by atoms with E-state index in [0.717, 1.165) is 56.2 Å². The highest BCUT2D eigenvalue weighted by Crippen LogP contribution is 2.36. The number of hydrogen-bond donors (Lipinski definition) is 0. The van der Waals surface area contributed by atoms with E-state index in [4.69, 9.17) is 4.74 Å². The Morgan fingerprint density at radius 3 is 2.52 bits per heavy atom. The first-order valence-electron chi connectivity index (χ1n) is 13.3. The molecule has 2 aliphatic heterocycles. The average Bonchev–Trinajstić information content (AvgIpc) is 2.92. The Morgan fingerprint density at radius 1 is 0.935 bits per heavy atom. The molecule has 1 saturated heterocycles. The zero-order chi connectivity index (χ0) is 21.5. The van der Waals surface area contributed by atoms with Crippen LogP contribution in [0, 0.1) is 17.8 Å². The predicted molar refractivity (Wildman–Crippen MR) is 127 cm³/mol. The first-order valence-corrected chi connectivity index (χ1v) is 13.3. The molecule has 31 heavy (non-hydrogen) atoms. The van der Waals surface area contributed by atoms with Crippen LogP contribution in [0.25, 0.3) is 0 Å². The van der Waals surface area contributed by atoms with Crippen molar-refractivity contribution in [3.05, 3.63) is 29.3 Å². The highest BCUT2D eigenvalue weighted by molar-refractivity contribution is 5.76. The van der Waals surface area contributed by atoms with E-state index in [1.165, 1.54) is 82.0 Å². The van der Waals surface area contributed by atoms with Crippen molar-refractivity contribution in [2.24, 2.45) is 17.8 Å². The van der Waals surface area contributed by atoms with Crippen molar-refractivity contribution in [2.45, 2.75) is 96.8 Å². The minimum absolute atomic E-state index is 0.000440. The lowest BCUT2D eigenvalue weighted by atomic mass is 9.76. The minimum Gasteiger partial charge on any atom is -0.426 e. The molecule has 0 N–H and O–H groups in total. The van der Waals surface area contributed by atoms with Gasteiger partial charge in [-0.25, -0.2) is 0 Å². The maximum atomic E-state index is 12.9. The van der Waals surface area contributed by atoms with Crippen molar-refractivity contribution < 1.29 is 9.53 Å². The van der Waals surface area contributed by atoms with Crippen LogP contribution in [0.3, 0.4) is 0 Å². The van der Waals surface area contributed by atoms with E-state index < -0.39 is 0 Å². The summed E-state index contributed by atoms with van der Waals surface area (Å²) >= 11 is 0. The first kappa shape index (κ1) is 22.8. The van der Waals surface area contributed by atoms with Crippen molar-refractivity contribution in [2.75, 3.05) is 19.6 Å². The van der Waals surface area contributed by atoms with Crippen LogP contribution in [-0.2, 0) is 17.6 Å². The Hall–Kier alpha value is -1.35. The molecule has 1 aromatic rings. The van der Waals surface area contributed by atoms with E-state index in [2.05, 4.69) is 30.0 Å². The fraction of sp³-hybridized carbons (Fsp3) is 0.750. The highest BCUT2D eigenvalue weighted by Gasteiger charge is 2.28. The van der Waals surface area contributed by atoms with Gasteiger partial charge in [-0.3, -0.25) is 4.79 Å². The largest absolute Gasteiger partial charge is 0.426 e. The fourth-order valence-electron chi connectivity index (χ4n) is 6.23. The van der Waals surface area contributed by atoms with Crippen LogP contribution in [0.2, 0.25) is 0 Å². The van der Waals surface area contributed by atoms with Crippen LogP contribution in [0.15, 0.2) is 18.2 Å². The molecule has 4 rings (SSSR count). The van der Waals surface area contributed by atoms with Crippen LogP contribution in [-0.4, -0.2) is 30.5 Å². The monoisotopic (exact) mass is 425 g/mol. The van der Waals surface area contributed by atoms with Crippen molar-refractivity contribution in [3.8, 4) is 5.75 Å². The second kappa shape index (κ2) is 11.5. The lowest BCUT2D eigenvalue weighted by molar-refractivity contribution is -0.139. The highest BCUT2D eigenvalue weighted by atomic mass is 16.5. The summed E-state index contributed by atoms with van der Waals surface area (Å²) in [7, 11) is 0. The van der Waals surface area contributed by atoms with E-state index in [1.807, 2.05) is 0 Å². The third kappa shape index (κ3) is 6.34. The zero-order valence-corrected chi connectivity index (χ0v) is 19.7. The number of carbonyl (C=O) groups is 1. The number of rotatable bonds is 6. The van der Waals surface area contributed by atoms with E-state index in [0.29, 0.717) is 0 Å². The minimum atomic E-state index is -0.000440. The van der Waals surface area contributed by atoms with Crippen molar-refractivity contribution in [1.29, 1.82) is 0 Å². The maximum absolute atomic E-state index is 12.9. The van der Waals surface area contributed by atoms with Crippen LogP contribution in [0.5, 0.6) is 5.75 Å². The van der Waals surface area contributed by atoms with Crippen LogP contribution in [0.1, 0.15) is 95.1 Å². The molecule has 2 atom stereocenters. The number of hydrogen-bond acceptors (Lipinski definition) is 3. The Bertz CT molecular complexity index is 709. The van der Waals surface area contributed by atoms with Gasteiger partial charge in [0.15, 0.2) is 0 Å². The smallest absolute Gasteiger partial charge is 0.314 e. The van der Waals surface area contributed by atoms with Crippen molar-refractivity contribution >= 4 is 5.97 Å². The number of fused-ring (bicyclic) bond motifs is 1. The average molecular weight is 426 g/mol. The van der Waals surface area contributed by atoms with Crippen LogP contribution in [0.4, 0.5) is 0 Å². The molecule has 2 unspecified atom stereocenters. The molecule has 0 spiro atoms. The summed E-state index contributed by atoms with van der Waals surface area (Å²) < 4.78 is 5.88. The summed E-state index contributed by atoms with van der Waals surface area (Å²) in [5.41, 5.74) is 2.48. The molecule has 2 fully saturated rings. The predicted octanol–water partition coefficient (Wildman–Crippen LogP) is 6.57. The Balaban J connectivity index is 1.28. The molecule has 0 aromatic heterocycles. The summed E-state index contributed by atoms with van der Waals surface area (Å²) in [5.74, 6) is 2.79. The summed E-state index contributed by atoms with van der Waals surface area (Å²) in [6.45, 7) is 5.67. The number of nitrogens with zero attached hydrogens (tertiary/aromatic N) is 1. The number of benzene rings is 1. The topological polar surface area (TPSA) is 29.5 Å². The lowest BCUT2D eigenvalue weighted by Gasteiger charge is -2.34. The van der Waals surface area contributed by atoms with Gasteiger partial charge in [-0.1, -0.05) is 70.4 Å². The van der Waals surface area contributed by atoms with Crippen molar-refractivity contribution in [3.63, 3.8) is 0 Å². The molecule has 1 aliphatic carbocycles. The van der Waals surface area contributed by atoms with E-state index in [9.17, 15) is 4.79 Å². The Kier molecular flexibility index (Phi) is 8.47. The standard InChI is InChI=1S/C28H43NO2/c1-2-8-22-12-13-25-14-15-26(28(30)31-27(25)21-22)17-20-29-18-7-6-11-24(16-19-29)23-9-4-3-5-10-23/h12-13,21,23-24,26H,2-11,14-20H2,1H3. The Morgan fingerprint density at radius 2 is 1.71 bits per heavy atom. The summed E-state index contributed by atoms with van der Waals surface area (Å²) in [4.78, 5) is 15.5. The van der Waals surface area contributed by atoms with Gasteiger partial charge in [0.1, 0.15) is 5.75 Å². The number of carbonyl (C=O) groups excluding carboxylic acids is 1. The molecule has 0 amide bonds. The zero-order valence-electron chi connectivity index (χ0n) is 19.7. The third-order valence-corrected chi connectivity index (χ3v) is 8.20. The van der Waals surface area contributed by atoms with Gasteiger partial charge in [-0.05, 0) is 87.2 Å². The van der Waals surface area contributed by atoms with Crippen LogP contribution < -0.4 is 4.74 Å². The van der Waals surface area contributed by atoms with E-state index >= 15 is 0 Å².